The zero-order valence-corrected chi connectivity index (χ0v) is 41.0. The molecule has 70 heavy (non-hydrogen) atoms. The molecule has 0 saturated heterocycles. The summed E-state index contributed by atoms with van der Waals surface area (Å²) >= 11 is 0. The van der Waals surface area contributed by atoms with E-state index in [4.69, 9.17) is 22.3 Å². The van der Waals surface area contributed by atoms with Crippen LogP contribution in [0.15, 0.2) is 60.7 Å². The van der Waals surface area contributed by atoms with E-state index in [1.165, 1.54) is 6.92 Å². The summed E-state index contributed by atoms with van der Waals surface area (Å²) in [5.41, 5.74) is 18.4. The number of nitrogens with one attached hydrogen (secondary N) is 7. The Kier molecular flexibility index (Phi) is 27.0. The fourth-order valence-corrected chi connectivity index (χ4v) is 7.29. The molecule has 7 amide bonds. The Labute approximate surface area is 410 Å². The third-order valence-corrected chi connectivity index (χ3v) is 11.3. The maximum atomic E-state index is 14.4. The van der Waals surface area contributed by atoms with E-state index in [0.717, 1.165) is 0 Å². The summed E-state index contributed by atoms with van der Waals surface area (Å²) in [6.07, 6.45) is 1.78. The SMILES string of the molecule is CC(C)C[C@H](NC(=O)[C@@H](N)CCC(=O)O)C(=O)N[C@H](C(=O)N[C@@H](Cc1ccccc1)C(=O)N[C@@H](Cc1ccccc1)C(=O)N[C@@H](C)C(=O)N[C@@H](CCCCN)C(=O)N[C@@H](CCCCN)C(=O)O)C(C)C. The normalized spacial score (nSPS) is 14.6. The van der Waals surface area contributed by atoms with Crippen molar-refractivity contribution in [3.63, 3.8) is 0 Å². The van der Waals surface area contributed by atoms with Gasteiger partial charge in [0.05, 0.1) is 6.04 Å². The molecule has 8 atom stereocenters. The second kappa shape index (κ2) is 31.6. The Hall–Kier alpha value is -6.45. The lowest BCUT2D eigenvalue weighted by Gasteiger charge is -2.29. The van der Waals surface area contributed by atoms with E-state index in [2.05, 4.69) is 37.2 Å². The number of carbonyl (C=O) groups is 9. The van der Waals surface area contributed by atoms with Crippen LogP contribution in [0.25, 0.3) is 0 Å². The zero-order valence-electron chi connectivity index (χ0n) is 41.0. The van der Waals surface area contributed by atoms with Crippen molar-refractivity contribution < 1.29 is 53.4 Å². The van der Waals surface area contributed by atoms with Gasteiger partial charge < -0.3 is 64.6 Å². The molecule has 0 fully saturated rings. The first-order chi connectivity index (χ1) is 33.2. The van der Waals surface area contributed by atoms with Crippen molar-refractivity contribution in [2.75, 3.05) is 13.1 Å². The molecule has 0 aliphatic carbocycles. The van der Waals surface area contributed by atoms with Crippen LogP contribution >= 0.6 is 0 Å². The summed E-state index contributed by atoms with van der Waals surface area (Å²) in [6, 6.07) is 7.69. The van der Waals surface area contributed by atoms with E-state index in [1.54, 1.807) is 74.5 Å². The number of unbranched alkanes of at least 4 members (excludes halogenated alkanes) is 2. The second-order valence-electron chi connectivity index (χ2n) is 18.2. The van der Waals surface area contributed by atoms with Gasteiger partial charge in [-0.1, -0.05) is 88.4 Å². The van der Waals surface area contributed by atoms with Crippen LogP contribution < -0.4 is 54.4 Å². The van der Waals surface area contributed by atoms with E-state index in [0.29, 0.717) is 49.9 Å². The minimum absolute atomic E-state index is 0.0424. The highest BCUT2D eigenvalue weighted by molar-refractivity contribution is 5.97. The molecule has 0 heterocycles. The largest absolute Gasteiger partial charge is 0.481 e. The predicted molar refractivity (Wildman–Crippen MR) is 262 cm³/mol. The van der Waals surface area contributed by atoms with Crippen molar-refractivity contribution in [2.24, 2.45) is 29.0 Å². The van der Waals surface area contributed by atoms with Gasteiger partial charge in [-0.05, 0) is 94.3 Å². The standard InChI is InChI=1S/C49H76N10O11/c1-29(2)26-37(56-43(63)34(52)22-23-40(60)61)47(67)59-41(30(3)4)48(68)58-39(28-33-18-10-7-11-19-33)46(66)57-38(27-32-16-8-6-9-17-32)45(65)53-31(5)42(62)54-35(20-12-14-24-50)44(64)55-36(49(69)70)21-13-15-25-51/h6-11,16-19,29-31,34-39,41H,12-15,20-28,50-52H2,1-5H3,(H,53,65)(H,54,62)(H,55,64)(H,56,63)(H,57,66)(H,58,68)(H,59,67)(H,60,61)(H,69,70)/t31-,34-,35-,36-,37-,38-,39-,41-/m0/s1. The molecule has 0 radical (unpaired) electrons. The van der Waals surface area contributed by atoms with E-state index in [-0.39, 0.29) is 50.9 Å². The Bertz CT molecular complexity index is 2010. The Balaban J connectivity index is 2.40. The van der Waals surface area contributed by atoms with Gasteiger partial charge in [0.15, 0.2) is 0 Å². The van der Waals surface area contributed by atoms with Crippen molar-refractivity contribution in [3.8, 4) is 0 Å². The first-order valence-electron chi connectivity index (χ1n) is 24.0. The monoisotopic (exact) mass is 981 g/mol. The molecule has 21 nitrogen and oxygen atoms in total. The third-order valence-electron chi connectivity index (χ3n) is 11.3. The minimum Gasteiger partial charge on any atom is -0.481 e. The lowest BCUT2D eigenvalue weighted by molar-refractivity contribution is -0.142. The topological polar surface area (TPSA) is 356 Å². The van der Waals surface area contributed by atoms with Crippen molar-refractivity contribution in [1.29, 1.82) is 0 Å². The molecule has 0 aliphatic heterocycles. The zero-order chi connectivity index (χ0) is 52.3. The molecule has 2 rings (SSSR count). The number of hydrogen-bond donors (Lipinski definition) is 12. The van der Waals surface area contributed by atoms with Gasteiger partial charge in [-0.15, -0.1) is 0 Å². The van der Waals surface area contributed by atoms with Crippen molar-refractivity contribution in [1.82, 2.24) is 37.2 Å². The summed E-state index contributed by atoms with van der Waals surface area (Å²) in [7, 11) is 0. The Morgan fingerprint density at radius 3 is 1.39 bits per heavy atom. The number of nitrogens with two attached hydrogens (primary N) is 3. The number of hydrogen-bond acceptors (Lipinski definition) is 12. The van der Waals surface area contributed by atoms with Crippen molar-refractivity contribution >= 4 is 53.3 Å². The van der Waals surface area contributed by atoms with Gasteiger partial charge in [0.25, 0.3) is 0 Å². The Morgan fingerprint density at radius 1 is 0.486 bits per heavy atom. The predicted octanol–water partition coefficient (Wildman–Crippen LogP) is 0.122. The molecule has 2 aromatic carbocycles. The fourth-order valence-electron chi connectivity index (χ4n) is 7.29. The van der Waals surface area contributed by atoms with Crippen LogP contribution in [0, 0.1) is 11.8 Å². The summed E-state index contributed by atoms with van der Waals surface area (Å²) < 4.78 is 0. The van der Waals surface area contributed by atoms with Crippen LogP contribution in [0.1, 0.15) is 104 Å². The minimum atomic E-state index is -1.31. The molecule has 2 aromatic rings. The highest BCUT2D eigenvalue weighted by Crippen LogP contribution is 2.13. The maximum Gasteiger partial charge on any atom is 0.326 e. The molecule has 0 aromatic heterocycles. The van der Waals surface area contributed by atoms with Gasteiger partial charge in [-0.2, -0.15) is 0 Å². The maximum absolute atomic E-state index is 14.4. The molecule has 0 aliphatic rings. The highest BCUT2D eigenvalue weighted by atomic mass is 16.4. The van der Waals surface area contributed by atoms with Crippen LogP contribution in [-0.4, -0.2) is 125 Å². The van der Waals surface area contributed by atoms with Gasteiger partial charge in [0.2, 0.25) is 41.4 Å². The molecular formula is C49H76N10O11. The fraction of sp³-hybridized carbons (Fsp3) is 0.571. The van der Waals surface area contributed by atoms with Crippen LogP contribution in [0.3, 0.4) is 0 Å². The molecule has 388 valence electrons. The number of carbonyl (C=O) groups excluding carboxylic acids is 7. The first kappa shape index (κ1) is 59.7. The van der Waals surface area contributed by atoms with Crippen LogP contribution in [-0.2, 0) is 56.0 Å². The van der Waals surface area contributed by atoms with E-state index in [9.17, 15) is 48.3 Å². The lowest BCUT2D eigenvalue weighted by Crippen LogP contribution is -2.61. The van der Waals surface area contributed by atoms with E-state index in [1.807, 2.05) is 13.8 Å². The number of carboxylic acids is 2. The van der Waals surface area contributed by atoms with Crippen LogP contribution in [0.2, 0.25) is 0 Å². The van der Waals surface area contributed by atoms with Crippen LogP contribution in [0.5, 0.6) is 0 Å². The smallest absolute Gasteiger partial charge is 0.326 e. The highest BCUT2D eigenvalue weighted by Gasteiger charge is 2.35. The molecule has 0 bridgehead atoms. The molecule has 15 N–H and O–H groups in total. The number of amides is 7. The lowest BCUT2D eigenvalue weighted by atomic mass is 9.98. The van der Waals surface area contributed by atoms with E-state index >= 15 is 0 Å². The summed E-state index contributed by atoms with van der Waals surface area (Å²) in [5, 5.41) is 37.4. The van der Waals surface area contributed by atoms with Crippen molar-refractivity contribution in [2.45, 2.75) is 154 Å². The van der Waals surface area contributed by atoms with Gasteiger partial charge in [-0.3, -0.25) is 38.4 Å². The second-order valence-corrected chi connectivity index (χ2v) is 18.2. The number of aliphatic carboxylic acids is 2. The van der Waals surface area contributed by atoms with Gasteiger partial charge in [0.1, 0.15) is 42.3 Å². The number of carboxylic acid groups (broad SMARTS) is 2. The average molecular weight is 981 g/mol. The molecule has 0 saturated carbocycles. The Morgan fingerprint density at radius 2 is 0.914 bits per heavy atom. The average Bonchev–Trinajstić information content (AvgIpc) is 3.31. The van der Waals surface area contributed by atoms with Crippen LogP contribution in [0.4, 0.5) is 0 Å². The van der Waals surface area contributed by atoms with Gasteiger partial charge >= 0.3 is 11.9 Å². The molecule has 21 heteroatoms. The number of rotatable bonds is 33. The quantitative estimate of drug-likeness (QED) is 0.0423. The number of benzene rings is 2. The molecule has 0 unspecified atom stereocenters. The first-order valence-corrected chi connectivity index (χ1v) is 24.0. The summed E-state index contributed by atoms with van der Waals surface area (Å²) in [4.78, 5) is 120. The molecular weight excluding hydrogens is 905 g/mol. The van der Waals surface area contributed by atoms with Gasteiger partial charge in [0, 0.05) is 19.3 Å². The van der Waals surface area contributed by atoms with Crippen molar-refractivity contribution in [3.05, 3.63) is 71.8 Å². The third kappa shape index (κ3) is 22.3. The van der Waals surface area contributed by atoms with E-state index < -0.39 is 108 Å². The molecule has 0 spiro atoms. The summed E-state index contributed by atoms with van der Waals surface area (Å²) in [5.74, 6) is -8.20. The summed E-state index contributed by atoms with van der Waals surface area (Å²) in [6.45, 7) is 9.07. The van der Waals surface area contributed by atoms with Gasteiger partial charge in [-0.25, -0.2) is 4.79 Å².